The molecule has 3 atom stereocenters. The number of halogens is 1. The number of carbonyl (C=O) groups excluding carboxylic acids is 4. The SMILES string of the molecule is CN[C@@H](C)C(=O)N[C@H](C(=O)N1CCC[C@H]1c1nc(C(=O)c2ccc(F)cc2)cs1)C1CCN(C(=O)c2cnc(N3CCC(CCCOc4cc5ncnc(Nc6n[nH]c(C)c6C)c5cc4S(=O)(=O)C(C)(C)C)CC3)nc2)CC1. The molecule has 9 rings (SSSR count). The van der Waals surface area contributed by atoms with Crippen molar-refractivity contribution in [1.82, 2.24) is 55.6 Å². The average molecular weight is 1110 g/mol. The first-order chi connectivity index (χ1) is 37.3. The second-order valence-corrected chi connectivity index (χ2v) is 25.1. The number of benzene rings is 2. The molecule has 2 aromatic carbocycles. The van der Waals surface area contributed by atoms with Gasteiger partial charge in [0.15, 0.2) is 15.7 Å². The Kier molecular flexibility index (Phi) is 16.8. The quantitative estimate of drug-likeness (QED) is 0.0487. The van der Waals surface area contributed by atoms with E-state index in [0.717, 1.165) is 56.5 Å². The number of H-pyrrole nitrogens is 1. The summed E-state index contributed by atoms with van der Waals surface area (Å²) in [6.45, 7) is 13.6. The topological polar surface area (TPSA) is 251 Å². The van der Waals surface area contributed by atoms with Gasteiger partial charge in [0.05, 0.1) is 34.5 Å². The highest BCUT2D eigenvalue weighted by molar-refractivity contribution is 7.92. The summed E-state index contributed by atoms with van der Waals surface area (Å²) >= 11 is 1.30. The number of piperidine rings is 2. The number of likely N-dealkylation sites (tertiary alicyclic amines) is 2. The highest BCUT2D eigenvalue weighted by Gasteiger charge is 2.42. The number of thiazole rings is 1. The van der Waals surface area contributed by atoms with Crippen LogP contribution < -0.4 is 25.6 Å². The maximum Gasteiger partial charge on any atom is 0.256 e. The second kappa shape index (κ2) is 23.5. The number of aromatic amines is 1. The van der Waals surface area contributed by atoms with E-state index in [1.807, 2.05) is 13.8 Å². The Hall–Kier alpha value is -6.98. The lowest BCUT2D eigenvalue weighted by atomic mass is 9.87. The third-order valence-corrected chi connectivity index (χ3v) is 18.9. The third kappa shape index (κ3) is 12.0. The zero-order valence-corrected chi connectivity index (χ0v) is 46.8. The number of aromatic nitrogens is 7. The van der Waals surface area contributed by atoms with Crippen LogP contribution in [0.25, 0.3) is 10.9 Å². The van der Waals surface area contributed by atoms with Crippen molar-refractivity contribution >= 4 is 73.2 Å². The highest BCUT2D eigenvalue weighted by Crippen LogP contribution is 2.39. The molecule has 3 saturated heterocycles. The number of sulfone groups is 1. The second-order valence-electron chi connectivity index (χ2n) is 21.5. The molecule has 4 aromatic heterocycles. The maximum absolute atomic E-state index is 14.6. The summed E-state index contributed by atoms with van der Waals surface area (Å²) in [5, 5.41) is 19.3. The molecule has 0 aliphatic carbocycles. The largest absolute Gasteiger partial charge is 0.492 e. The molecule has 6 aromatic rings. The van der Waals surface area contributed by atoms with E-state index in [0.29, 0.717) is 96.0 Å². The molecule has 3 fully saturated rings. The van der Waals surface area contributed by atoms with Crippen LogP contribution in [0.4, 0.5) is 22.0 Å². The maximum atomic E-state index is 14.6. The predicted molar refractivity (Wildman–Crippen MR) is 294 cm³/mol. The summed E-state index contributed by atoms with van der Waals surface area (Å²) in [4.78, 5) is 83.5. The number of amides is 3. The monoisotopic (exact) mass is 1110 g/mol. The van der Waals surface area contributed by atoms with Crippen molar-refractivity contribution in [2.75, 3.05) is 56.6 Å². The van der Waals surface area contributed by atoms with Crippen LogP contribution in [0.15, 0.2) is 65.4 Å². The van der Waals surface area contributed by atoms with Gasteiger partial charge in [0, 0.05) is 78.8 Å². The third-order valence-electron chi connectivity index (χ3n) is 15.5. The predicted octanol–water partition coefficient (Wildman–Crippen LogP) is 7.29. The van der Waals surface area contributed by atoms with Gasteiger partial charge in [0.1, 0.15) is 45.4 Å². The van der Waals surface area contributed by atoms with Crippen LogP contribution in [-0.4, -0.2) is 140 Å². The number of hydrogen-bond donors (Lipinski definition) is 4. The first kappa shape index (κ1) is 55.8. The Labute approximate surface area is 457 Å². The van der Waals surface area contributed by atoms with E-state index >= 15 is 0 Å². The highest BCUT2D eigenvalue weighted by atomic mass is 32.2. The number of carbonyl (C=O) groups is 4. The lowest BCUT2D eigenvalue weighted by Crippen LogP contribution is -2.57. The average Bonchev–Trinajstić information content (AvgIpc) is 4.26. The van der Waals surface area contributed by atoms with E-state index in [-0.39, 0.29) is 51.8 Å². The van der Waals surface area contributed by atoms with E-state index in [4.69, 9.17) is 4.74 Å². The molecule has 78 heavy (non-hydrogen) atoms. The number of aryl methyl sites for hydroxylation is 1. The van der Waals surface area contributed by atoms with Gasteiger partial charge in [0.2, 0.25) is 23.5 Å². The minimum Gasteiger partial charge on any atom is -0.492 e. The molecular formula is C55H68FN13O7S2. The van der Waals surface area contributed by atoms with Crippen LogP contribution in [0.3, 0.4) is 0 Å². The molecule has 0 spiro atoms. The smallest absolute Gasteiger partial charge is 0.256 e. The standard InChI is InChI=1S/C55H68FN13O7S2/c1-32-33(2)65-66-48(32)64-49-40-26-45(78(74,75)55(4,5)6)44(27-41(40)60-31-61-49)76-25-9-10-35-16-21-68(22-17-35)54-58-28-38(29-59-54)52(72)67-23-18-36(19-24-67)46(63-50(71)34(3)57-7)53(73)69-20-8-11-43(69)51-62-42(30-77-51)47(70)37-12-14-39(56)15-13-37/h12-15,26-31,34-36,43,46,57H,8-11,16-25H2,1-7H3,(H,63,71)(H2,60,61,64,65,66)/t34-,43-,46-/m0/s1. The van der Waals surface area contributed by atoms with Crippen molar-refractivity contribution in [3.63, 3.8) is 0 Å². The molecule has 7 heterocycles. The van der Waals surface area contributed by atoms with Crippen LogP contribution in [0.5, 0.6) is 5.75 Å². The van der Waals surface area contributed by atoms with Crippen LogP contribution >= 0.6 is 11.3 Å². The van der Waals surface area contributed by atoms with E-state index in [1.54, 1.807) is 74.4 Å². The Morgan fingerprint density at radius 1 is 0.910 bits per heavy atom. The lowest BCUT2D eigenvalue weighted by molar-refractivity contribution is -0.139. The van der Waals surface area contributed by atoms with Crippen LogP contribution in [-0.2, 0) is 19.4 Å². The normalized spacial score (nSPS) is 17.5. The summed E-state index contributed by atoms with van der Waals surface area (Å²) in [7, 11) is -2.15. The van der Waals surface area contributed by atoms with Crippen LogP contribution in [0.1, 0.15) is 128 Å². The molecule has 0 radical (unpaired) electrons. The molecule has 3 aliphatic rings. The van der Waals surface area contributed by atoms with Crippen LogP contribution in [0, 0.1) is 31.5 Å². The van der Waals surface area contributed by atoms with E-state index in [9.17, 15) is 32.0 Å². The summed E-state index contributed by atoms with van der Waals surface area (Å²) in [6, 6.07) is 6.82. The summed E-state index contributed by atoms with van der Waals surface area (Å²) in [5.41, 5.74) is 3.28. The van der Waals surface area contributed by atoms with Gasteiger partial charge in [-0.2, -0.15) is 5.10 Å². The molecule has 414 valence electrons. The fourth-order valence-corrected chi connectivity index (χ4v) is 12.5. The zero-order valence-electron chi connectivity index (χ0n) is 45.1. The molecule has 3 amide bonds. The molecular weight excluding hydrogens is 1040 g/mol. The number of fused-ring (bicyclic) bond motifs is 1. The van der Waals surface area contributed by atoms with Gasteiger partial charge in [-0.3, -0.25) is 24.3 Å². The van der Waals surface area contributed by atoms with Gasteiger partial charge in [-0.05, 0) is 142 Å². The first-order valence-electron chi connectivity index (χ1n) is 26.7. The van der Waals surface area contributed by atoms with E-state index in [2.05, 4.69) is 56.0 Å². The number of nitrogens with zero attached hydrogens (tertiary/aromatic N) is 9. The number of nitrogens with one attached hydrogen (secondary N) is 4. The molecule has 23 heteroatoms. The van der Waals surface area contributed by atoms with Gasteiger partial charge < -0.3 is 35.4 Å². The molecule has 0 bridgehead atoms. The Morgan fingerprint density at radius 2 is 1.63 bits per heavy atom. The van der Waals surface area contributed by atoms with Gasteiger partial charge in [0.25, 0.3) is 5.91 Å². The molecule has 0 saturated carbocycles. The van der Waals surface area contributed by atoms with Crippen molar-refractivity contribution in [2.45, 2.75) is 121 Å². The fourth-order valence-electron chi connectivity index (χ4n) is 10.3. The van der Waals surface area contributed by atoms with Crippen LogP contribution in [0.2, 0.25) is 0 Å². The molecule has 3 aliphatic heterocycles. The van der Waals surface area contributed by atoms with Gasteiger partial charge in [-0.25, -0.2) is 37.7 Å². The Bertz CT molecular complexity index is 3260. The number of anilines is 3. The van der Waals surface area contributed by atoms with E-state index in [1.165, 1.54) is 41.9 Å². The summed E-state index contributed by atoms with van der Waals surface area (Å²) in [6.07, 6.45) is 10.3. The van der Waals surface area contributed by atoms with E-state index < -0.39 is 32.5 Å². The van der Waals surface area contributed by atoms with Gasteiger partial charge >= 0.3 is 0 Å². The molecule has 20 nitrogen and oxygen atoms in total. The zero-order chi connectivity index (χ0) is 55.5. The summed E-state index contributed by atoms with van der Waals surface area (Å²) in [5.74, 6) is 0.498. The number of ether oxygens (including phenoxy) is 1. The number of rotatable bonds is 18. The van der Waals surface area contributed by atoms with Crippen molar-refractivity contribution in [3.05, 3.63) is 99.4 Å². The van der Waals surface area contributed by atoms with Gasteiger partial charge in [-0.15, -0.1) is 11.3 Å². The summed E-state index contributed by atoms with van der Waals surface area (Å²) < 4.78 is 46.7. The van der Waals surface area contributed by atoms with Crippen molar-refractivity contribution in [1.29, 1.82) is 0 Å². The minimum absolute atomic E-state index is 0.0822. The lowest BCUT2D eigenvalue weighted by Gasteiger charge is -2.38. The minimum atomic E-state index is -3.83. The van der Waals surface area contributed by atoms with Crippen molar-refractivity contribution < 1.29 is 36.7 Å². The van der Waals surface area contributed by atoms with Crippen molar-refractivity contribution in [3.8, 4) is 5.75 Å². The Morgan fingerprint density at radius 3 is 2.29 bits per heavy atom. The van der Waals surface area contributed by atoms with Gasteiger partial charge in [-0.1, -0.05) is 0 Å². The number of likely N-dealkylation sites (N-methyl/N-ethyl adjacent to an activating group) is 1. The number of ketones is 1. The molecule has 4 N–H and O–H groups in total. The number of hydrogen-bond acceptors (Lipinski definition) is 17. The fraction of sp³-hybridized carbons (Fsp3) is 0.491. The first-order valence-corrected chi connectivity index (χ1v) is 29.0. The Balaban J connectivity index is 0.770. The molecule has 0 unspecified atom stereocenters. The van der Waals surface area contributed by atoms with Crippen molar-refractivity contribution in [2.24, 2.45) is 11.8 Å².